The largest absolute Gasteiger partial charge is 0.503 e. The van der Waals surface area contributed by atoms with Gasteiger partial charge in [-0.05, 0) is 23.3 Å². The van der Waals surface area contributed by atoms with E-state index < -0.39 is 17.8 Å². The van der Waals surface area contributed by atoms with Gasteiger partial charge in [0.15, 0.2) is 0 Å². The molecule has 2 aromatic rings. The van der Waals surface area contributed by atoms with Gasteiger partial charge in [-0.15, -0.1) is 5.06 Å². The Bertz CT molecular complexity index is 883. The lowest BCUT2D eigenvalue weighted by Crippen LogP contribution is -2.29. The summed E-state index contributed by atoms with van der Waals surface area (Å²) in [5.41, 5.74) is 1.36. The Labute approximate surface area is 149 Å². The van der Waals surface area contributed by atoms with Crippen molar-refractivity contribution < 1.29 is 29.1 Å². The molecule has 0 atom stereocenters. The molecule has 2 amide bonds. The highest BCUT2D eigenvalue weighted by molar-refractivity contribution is 6.20. The highest BCUT2D eigenvalue weighted by atomic mass is 16.7. The van der Waals surface area contributed by atoms with Gasteiger partial charge < -0.3 is 9.84 Å². The van der Waals surface area contributed by atoms with Crippen molar-refractivity contribution in [3.63, 3.8) is 0 Å². The van der Waals surface area contributed by atoms with Crippen LogP contribution in [0.2, 0.25) is 0 Å². The average Bonchev–Trinajstić information content (AvgIpc) is 2.89. The number of hydrogen-bond donors (Lipinski definition) is 1. The molecule has 1 heterocycles. The van der Waals surface area contributed by atoms with E-state index in [9.17, 15) is 19.5 Å². The summed E-state index contributed by atoms with van der Waals surface area (Å²) in [6, 6.07) is 13.1. The van der Waals surface area contributed by atoms with Gasteiger partial charge in [0.25, 0.3) is 11.8 Å². The molecule has 1 aliphatic rings. The number of carbonyl (C=O) groups is 3. The van der Waals surface area contributed by atoms with Crippen molar-refractivity contribution in [3.8, 4) is 0 Å². The molecule has 7 nitrogen and oxygen atoms in total. The first kappa shape index (κ1) is 17.4. The van der Waals surface area contributed by atoms with Crippen LogP contribution in [0.1, 0.15) is 31.8 Å². The number of rotatable bonds is 6. The van der Waals surface area contributed by atoms with Crippen LogP contribution in [0.15, 0.2) is 54.8 Å². The molecule has 0 radical (unpaired) electrons. The third kappa shape index (κ3) is 3.07. The fourth-order valence-electron chi connectivity index (χ4n) is 2.67. The van der Waals surface area contributed by atoms with Crippen LogP contribution in [-0.2, 0) is 21.0 Å². The number of ether oxygens (including phenoxy) is 1. The van der Waals surface area contributed by atoms with Gasteiger partial charge in [-0.25, -0.2) is 4.79 Å². The number of hydroxylamine groups is 2. The van der Waals surface area contributed by atoms with Crippen molar-refractivity contribution in [1.82, 2.24) is 5.06 Å². The number of carboxylic acid groups (broad SMARTS) is 1. The first-order valence-electron chi connectivity index (χ1n) is 7.70. The summed E-state index contributed by atoms with van der Waals surface area (Å²) in [6.45, 7) is -0.157. The molecule has 0 saturated carbocycles. The predicted octanol–water partition coefficient (Wildman–Crippen LogP) is 2.49. The summed E-state index contributed by atoms with van der Waals surface area (Å²) in [6.07, 6.45) is 1.11. The Morgan fingerprint density at radius 2 is 1.62 bits per heavy atom. The van der Waals surface area contributed by atoms with Crippen molar-refractivity contribution in [3.05, 3.63) is 77.0 Å². The summed E-state index contributed by atoms with van der Waals surface area (Å²) in [5, 5.41) is 10.1. The monoisotopic (exact) mass is 353 g/mol. The first-order valence-corrected chi connectivity index (χ1v) is 7.70. The van der Waals surface area contributed by atoms with Gasteiger partial charge in [0.2, 0.25) is 0 Å². The number of carbonyl (C=O) groups excluding carboxylic acids is 2. The summed E-state index contributed by atoms with van der Waals surface area (Å²) in [5.74, 6) is -2.26. The Hall–Kier alpha value is -3.45. The molecule has 0 fully saturated rings. The van der Waals surface area contributed by atoms with Crippen LogP contribution >= 0.6 is 0 Å². The average molecular weight is 353 g/mol. The van der Waals surface area contributed by atoms with E-state index in [-0.39, 0.29) is 23.3 Å². The minimum Gasteiger partial charge on any atom is -0.503 e. The fraction of sp³-hybridized carbons (Fsp3) is 0.105. The van der Waals surface area contributed by atoms with Crippen LogP contribution in [-0.4, -0.2) is 35.1 Å². The minimum absolute atomic E-state index is 0.0611. The van der Waals surface area contributed by atoms with E-state index in [1.807, 2.05) is 0 Å². The number of amides is 2. The minimum atomic E-state index is -1.17. The smallest absolute Gasteiger partial charge is 0.339 e. The van der Waals surface area contributed by atoms with Crippen molar-refractivity contribution in [2.24, 2.45) is 0 Å². The summed E-state index contributed by atoms with van der Waals surface area (Å²) in [7, 11) is 1.35. The van der Waals surface area contributed by atoms with Gasteiger partial charge in [-0.1, -0.05) is 36.4 Å². The van der Waals surface area contributed by atoms with Crippen LogP contribution in [0.3, 0.4) is 0 Å². The fourth-order valence-corrected chi connectivity index (χ4v) is 2.67. The van der Waals surface area contributed by atoms with Gasteiger partial charge in [0.1, 0.15) is 12.2 Å². The van der Waals surface area contributed by atoms with E-state index >= 15 is 0 Å². The zero-order chi connectivity index (χ0) is 18.7. The van der Waals surface area contributed by atoms with Crippen LogP contribution in [0.25, 0.3) is 5.57 Å². The molecule has 0 aromatic heterocycles. The third-order valence-electron chi connectivity index (χ3n) is 3.88. The zero-order valence-corrected chi connectivity index (χ0v) is 13.8. The first-order chi connectivity index (χ1) is 12.5. The number of hydrogen-bond acceptors (Lipinski definition) is 5. The highest BCUT2D eigenvalue weighted by Gasteiger charge is 2.36. The zero-order valence-electron chi connectivity index (χ0n) is 13.8. The molecule has 3 rings (SSSR count). The Kier molecular flexibility index (Phi) is 4.81. The number of methoxy groups -OCH3 is 1. The van der Waals surface area contributed by atoms with Gasteiger partial charge in [0.05, 0.1) is 24.5 Å². The van der Waals surface area contributed by atoms with Gasteiger partial charge >= 0.3 is 5.97 Å². The molecule has 1 N–H and O–H groups in total. The van der Waals surface area contributed by atoms with Crippen molar-refractivity contribution >= 4 is 23.4 Å². The lowest BCUT2D eigenvalue weighted by Gasteiger charge is -2.15. The molecular formula is C19H15NO6. The molecule has 132 valence electrons. The quantitative estimate of drug-likeness (QED) is 0.487. The number of aliphatic carboxylic acids is 1. The van der Waals surface area contributed by atoms with E-state index in [1.165, 1.54) is 7.11 Å². The van der Waals surface area contributed by atoms with Crippen molar-refractivity contribution in [1.29, 1.82) is 0 Å². The number of imide groups is 1. The maximum atomic E-state index is 12.3. The second kappa shape index (κ2) is 7.20. The topological polar surface area (TPSA) is 93.1 Å². The molecule has 26 heavy (non-hydrogen) atoms. The third-order valence-corrected chi connectivity index (χ3v) is 3.88. The molecule has 7 heteroatoms. The Balaban J connectivity index is 1.84. The summed E-state index contributed by atoms with van der Waals surface area (Å²) >= 11 is 0. The SMILES string of the molecule is COC=C(C(=O)O)c1ccccc1CON1C(=O)c2ccccc2C1=O. The molecular weight excluding hydrogens is 338 g/mol. The van der Waals surface area contributed by atoms with E-state index in [0.29, 0.717) is 16.2 Å². The Morgan fingerprint density at radius 1 is 1.04 bits per heavy atom. The predicted molar refractivity (Wildman–Crippen MR) is 90.8 cm³/mol. The summed E-state index contributed by atoms with van der Waals surface area (Å²) < 4.78 is 4.83. The number of nitrogens with zero attached hydrogens (tertiary/aromatic N) is 1. The number of benzene rings is 2. The lowest BCUT2D eigenvalue weighted by atomic mass is 10.0. The van der Waals surface area contributed by atoms with Crippen molar-refractivity contribution in [2.45, 2.75) is 6.61 Å². The van der Waals surface area contributed by atoms with Gasteiger partial charge in [-0.3, -0.25) is 14.4 Å². The lowest BCUT2D eigenvalue weighted by molar-refractivity contribution is -0.130. The van der Waals surface area contributed by atoms with E-state index in [1.54, 1.807) is 48.5 Å². The summed E-state index contributed by atoms with van der Waals surface area (Å²) in [4.78, 5) is 41.5. The molecule has 2 aromatic carbocycles. The molecule has 1 aliphatic heterocycles. The van der Waals surface area contributed by atoms with Crippen molar-refractivity contribution in [2.75, 3.05) is 7.11 Å². The molecule has 0 saturated heterocycles. The van der Waals surface area contributed by atoms with Crippen LogP contribution < -0.4 is 0 Å². The molecule has 0 unspecified atom stereocenters. The second-order valence-corrected chi connectivity index (χ2v) is 5.45. The molecule has 0 spiro atoms. The maximum Gasteiger partial charge on any atom is 0.339 e. The number of fused-ring (bicyclic) bond motifs is 1. The van der Waals surface area contributed by atoms with E-state index in [2.05, 4.69) is 0 Å². The Morgan fingerprint density at radius 3 is 2.19 bits per heavy atom. The molecule has 0 bridgehead atoms. The highest BCUT2D eigenvalue weighted by Crippen LogP contribution is 2.25. The van der Waals surface area contributed by atoms with Gasteiger partial charge in [-0.2, -0.15) is 0 Å². The van der Waals surface area contributed by atoms with Gasteiger partial charge in [0, 0.05) is 0 Å². The van der Waals surface area contributed by atoms with Crippen LogP contribution in [0.5, 0.6) is 0 Å². The number of carboxylic acids is 1. The second-order valence-electron chi connectivity index (χ2n) is 5.45. The van der Waals surface area contributed by atoms with Crippen LogP contribution in [0, 0.1) is 0 Å². The maximum absolute atomic E-state index is 12.3. The normalized spacial score (nSPS) is 13.7. The standard InChI is InChI=1S/C19H15NO6/c1-25-11-16(19(23)24)13-7-3-2-6-12(13)10-26-20-17(21)14-8-4-5-9-15(14)18(20)22/h2-9,11H,10H2,1H3,(H,23,24). The van der Waals surface area contributed by atoms with E-state index in [0.717, 1.165) is 6.26 Å². The molecule has 0 aliphatic carbocycles. The van der Waals surface area contributed by atoms with Crippen LogP contribution in [0.4, 0.5) is 0 Å². The van der Waals surface area contributed by atoms with E-state index in [4.69, 9.17) is 9.57 Å².